The minimum Gasteiger partial charge on any atom is -0.349 e. The Morgan fingerprint density at radius 2 is 1.61 bits per heavy atom. The minimum absolute atomic E-state index is 0.141. The lowest BCUT2D eigenvalue weighted by Crippen LogP contribution is -2.36. The number of rotatable bonds is 6. The summed E-state index contributed by atoms with van der Waals surface area (Å²) in [6.45, 7) is 1.44. The van der Waals surface area contributed by atoms with Crippen molar-refractivity contribution in [3.05, 3.63) is 64.7 Å². The van der Waals surface area contributed by atoms with Gasteiger partial charge in [0.15, 0.2) is 0 Å². The Labute approximate surface area is 187 Å². The number of amides is 3. The maximum atomic E-state index is 12.6. The first-order chi connectivity index (χ1) is 14.9. The van der Waals surface area contributed by atoms with Crippen molar-refractivity contribution in [2.24, 2.45) is 0 Å². The molecule has 7 heteroatoms. The van der Waals surface area contributed by atoms with Crippen molar-refractivity contribution in [2.75, 3.05) is 10.6 Å². The number of nitrogens with one attached hydrogen (secondary N) is 3. The smallest absolute Gasteiger partial charge is 0.253 e. The fourth-order valence-corrected chi connectivity index (χ4v) is 3.73. The quantitative estimate of drug-likeness (QED) is 0.552. The van der Waals surface area contributed by atoms with Crippen molar-refractivity contribution < 1.29 is 14.4 Å². The van der Waals surface area contributed by atoms with Gasteiger partial charge < -0.3 is 16.0 Å². The average molecular weight is 440 g/mol. The molecule has 0 atom stereocenters. The number of anilines is 2. The van der Waals surface area contributed by atoms with Gasteiger partial charge in [-0.2, -0.15) is 0 Å². The van der Waals surface area contributed by atoms with Crippen LogP contribution in [0.25, 0.3) is 6.08 Å². The lowest BCUT2D eigenvalue weighted by molar-refractivity contribution is -0.114. The molecule has 3 rings (SSSR count). The van der Waals surface area contributed by atoms with Crippen molar-refractivity contribution in [2.45, 2.75) is 45.1 Å². The molecule has 1 aliphatic rings. The summed E-state index contributed by atoms with van der Waals surface area (Å²) in [6.07, 6.45) is 8.49. The summed E-state index contributed by atoms with van der Waals surface area (Å²) in [5, 5.41) is 8.83. The first kappa shape index (κ1) is 22.6. The second-order valence-electron chi connectivity index (χ2n) is 7.63. The number of hydrogen-bond acceptors (Lipinski definition) is 3. The molecular formula is C24H26ClN3O3. The van der Waals surface area contributed by atoms with Crippen molar-refractivity contribution in [1.82, 2.24) is 5.32 Å². The zero-order valence-corrected chi connectivity index (χ0v) is 18.2. The second-order valence-corrected chi connectivity index (χ2v) is 8.04. The number of carbonyl (C=O) groups is 3. The number of halogens is 1. The topological polar surface area (TPSA) is 87.3 Å². The summed E-state index contributed by atoms with van der Waals surface area (Å²) in [7, 11) is 0. The zero-order valence-electron chi connectivity index (χ0n) is 17.4. The molecule has 0 bridgehead atoms. The lowest BCUT2D eigenvalue weighted by atomic mass is 9.95. The Kier molecular flexibility index (Phi) is 7.84. The summed E-state index contributed by atoms with van der Waals surface area (Å²) in [5.41, 5.74) is 2.35. The van der Waals surface area contributed by atoms with Gasteiger partial charge in [-0.3, -0.25) is 14.4 Å². The van der Waals surface area contributed by atoms with E-state index in [0.717, 1.165) is 31.2 Å². The largest absolute Gasteiger partial charge is 0.349 e. The molecule has 1 aliphatic carbocycles. The molecule has 3 amide bonds. The molecule has 6 nitrogen and oxygen atoms in total. The van der Waals surface area contributed by atoms with Gasteiger partial charge in [0.2, 0.25) is 11.8 Å². The molecule has 0 radical (unpaired) electrons. The molecule has 0 aliphatic heterocycles. The first-order valence-corrected chi connectivity index (χ1v) is 10.8. The molecule has 1 saturated carbocycles. The predicted octanol–water partition coefficient (Wildman–Crippen LogP) is 5.01. The Bertz CT molecular complexity index is 980. The van der Waals surface area contributed by atoms with E-state index in [9.17, 15) is 14.4 Å². The van der Waals surface area contributed by atoms with E-state index in [0.29, 0.717) is 22.0 Å². The van der Waals surface area contributed by atoms with Crippen LogP contribution in [-0.2, 0) is 9.59 Å². The third kappa shape index (κ3) is 6.96. The van der Waals surface area contributed by atoms with Gasteiger partial charge >= 0.3 is 0 Å². The van der Waals surface area contributed by atoms with Gasteiger partial charge in [-0.15, -0.1) is 0 Å². The van der Waals surface area contributed by atoms with Crippen molar-refractivity contribution in [3.63, 3.8) is 0 Å². The first-order valence-electron chi connectivity index (χ1n) is 10.4. The monoisotopic (exact) mass is 439 g/mol. The van der Waals surface area contributed by atoms with Gasteiger partial charge in [0.25, 0.3) is 5.91 Å². The maximum absolute atomic E-state index is 12.6. The number of benzene rings is 2. The molecule has 0 heterocycles. The van der Waals surface area contributed by atoms with Gasteiger partial charge in [-0.25, -0.2) is 0 Å². The Morgan fingerprint density at radius 1 is 0.935 bits per heavy atom. The lowest BCUT2D eigenvalue weighted by Gasteiger charge is -2.23. The highest BCUT2D eigenvalue weighted by atomic mass is 35.5. The minimum atomic E-state index is -0.327. The van der Waals surface area contributed by atoms with E-state index in [2.05, 4.69) is 16.0 Å². The van der Waals surface area contributed by atoms with Crippen LogP contribution < -0.4 is 16.0 Å². The van der Waals surface area contributed by atoms with Crippen LogP contribution in [0.1, 0.15) is 54.9 Å². The molecule has 2 aromatic rings. The normalized spacial score (nSPS) is 14.3. The molecule has 0 unspecified atom stereocenters. The molecule has 0 spiro atoms. The molecule has 31 heavy (non-hydrogen) atoms. The molecule has 162 valence electrons. The van der Waals surface area contributed by atoms with Crippen LogP contribution in [0.2, 0.25) is 5.02 Å². The van der Waals surface area contributed by atoms with Crippen LogP contribution in [0.4, 0.5) is 11.4 Å². The number of hydrogen-bond donors (Lipinski definition) is 3. The zero-order chi connectivity index (χ0) is 22.2. The highest BCUT2D eigenvalue weighted by molar-refractivity contribution is 6.34. The van der Waals surface area contributed by atoms with E-state index in [1.165, 1.54) is 19.4 Å². The Balaban J connectivity index is 1.60. The van der Waals surface area contributed by atoms with E-state index < -0.39 is 0 Å². The predicted molar refractivity (Wildman–Crippen MR) is 124 cm³/mol. The van der Waals surface area contributed by atoms with E-state index in [1.807, 2.05) is 0 Å². The van der Waals surface area contributed by atoms with E-state index in [4.69, 9.17) is 11.6 Å². The van der Waals surface area contributed by atoms with Crippen molar-refractivity contribution >= 4 is 46.8 Å². The molecule has 2 aromatic carbocycles. The van der Waals surface area contributed by atoms with Crippen LogP contribution in [0.3, 0.4) is 0 Å². The van der Waals surface area contributed by atoms with Crippen LogP contribution >= 0.6 is 11.6 Å². The fraction of sp³-hybridized carbons (Fsp3) is 0.292. The third-order valence-electron chi connectivity index (χ3n) is 5.08. The summed E-state index contributed by atoms with van der Waals surface area (Å²) in [5.74, 6) is -0.688. The third-order valence-corrected chi connectivity index (χ3v) is 5.41. The van der Waals surface area contributed by atoms with Crippen molar-refractivity contribution in [3.8, 4) is 0 Å². The average Bonchev–Trinajstić information content (AvgIpc) is 2.75. The number of carbonyl (C=O) groups excluding carboxylic acids is 3. The van der Waals surface area contributed by atoms with Gasteiger partial charge in [-0.05, 0) is 54.8 Å². The summed E-state index contributed by atoms with van der Waals surface area (Å²) >= 11 is 6.22. The van der Waals surface area contributed by atoms with E-state index >= 15 is 0 Å². The summed E-state index contributed by atoms with van der Waals surface area (Å²) in [4.78, 5) is 36.0. The molecule has 0 saturated heterocycles. The molecule has 3 N–H and O–H groups in total. The maximum Gasteiger partial charge on any atom is 0.253 e. The highest BCUT2D eigenvalue weighted by Gasteiger charge is 2.18. The van der Waals surface area contributed by atoms with E-state index in [-0.39, 0.29) is 23.8 Å². The van der Waals surface area contributed by atoms with E-state index in [1.54, 1.807) is 48.5 Å². The van der Waals surface area contributed by atoms with Crippen LogP contribution in [0, 0.1) is 0 Å². The Hall–Kier alpha value is -3.12. The van der Waals surface area contributed by atoms with Crippen molar-refractivity contribution in [1.29, 1.82) is 0 Å². The Morgan fingerprint density at radius 3 is 2.29 bits per heavy atom. The van der Waals surface area contributed by atoms with Gasteiger partial charge in [-0.1, -0.05) is 43.0 Å². The molecule has 0 aromatic heterocycles. The summed E-state index contributed by atoms with van der Waals surface area (Å²) in [6, 6.07) is 12.1. The van der Waals surface area contributed by atoms with Gasteiger partial charge in [0.1, 0.15) is 0 Å². The summed E-state index contributed by atoms with van der Waals surface area (Å²) < 4.78 is 0. The van der Waals surface area contributed by atoms with Gasteiger partial charge in [0.05, 0.1) is 10.6 Å². The standard InChI is InChI=1S/C24H26ClN3O3/c1-16(29)26-19-10-7-17(8-11-19)9-14-23(30)27-20-12-13-22(25)21(15-20)24(31)28-18-5-3-2-4-6-18/h7-15,18H,2-6H2,1H3,(H,26,29)(H,27,30)(H,28,31)/b14-9+. The van der Waals surface area contributed by atoms with Gasteiger partial charge in [0, 0.05) is 30.4 Å². The second kappa shape index (κ2) is 10.8. The SMILES string of the molecule is CC(=O)Nc1ccc(/C=C/C(=O)Nc2ccc(Cl)c(C(=O)NC3CCCCC3)c2)cc1. The fourth-order valence-electron chi connectivity index (χ4n) is 3.52. The van der Waals surface area contributed by atoms with Crippen LogP contribution in [-0.4, -0.2) is 23.8 Å². The molecular weight excluding hydrogens is 414 g/mol. The van der Waals surface area contributed by atoms with Crippen LogP contribution in [0.15, 0.2) is 48.5 Å². The highest BCUT2D eigenvalue weighted by Crippen LogP contribution is 2.23. The van der Waals surface area contributed by atoms with Crippen LogP contribution in [0.5, 0.6) is 0 Å². The molecule has 1 fully saturated rings.